The summed E-state index contributed by atoms with van der Waals surface area (Å²) in [6.45, 7) is 3.14. The summed E-state index contributed by atoms with van der Waals surface area (Å²) in [5.41, 5.74) is 1.05. The van der Waals surface area contributed by atoms with Crippen LogP contribution in [0.5, 0.6) is 0 Å². The van der Waals surface area contributed by atoms with Crippen LogP contribution in [0.25, 0.3) is 0 Å². The van der Waals surface area contributed by atoms with Crippen molar-refractivity contribution in [1.29, 1.82) is 0 Å². The largest absolute Gasteiger partial charge is 0.351 e. The Bertz CT molecular complexity index is 843. The van der Waals surface area contributed by atoms with Crippen LogP contribution in [0.4, 0.5) is 8.78 Å². The molecule has 0 aromatic heterocycles. The number of carbonyl (C=O) groups is 2. The highest BCUT2D eigenvalue weighted by molar-refractivity contribution is 8.00. The van der Waals surface area contributed by atoms with Crippen molar-refractivity contribution in [2.45, 2.75) is 11.4 Å². The average Bonchev–Trinajstić information content (AvgIpc) is 2.74. The lowest BCUT2D eigenvalue weighted by atomic mass is 10.2. The van der Waals surface area contributed by atoms with E-state index in [1.807, 2.05) is 35.2 Å². The maximum absolute atomic E-state index is 13.2. The van der Waals surface area contributed by atoms with Crippen LogP contribution in [0.15, 0.2) is 53.4 Å². The summed E-state index contributed by atoms with van der Waals surface area (Å²) in [6, 6.07) is 13.3. The molecule has 0 spiro atoms. The maximum atomic E-state index is 13.2. The van der Waals surface area contributed by atoms with Crippen LogP contribution in [0, 0.1) is 11.6 Å². The van der Waals surface area contributed by atoms with E-state index in [1.165, 1.54) is 17.8 Å². The first-order valence-electron chi connectivity index (χ1n) is 9.40. The highest BCUT2D eigenvalue weighted by Gasteiger charge is 2.22. The molecule has 0 saturated carbocycles. The zero-order valence-electron chi connectivity index (χ0n) is 15.9. The Kier molecular flexibility index (Phi) is 7.60. The van der Waals surface area contributed by atoms with E-state index in [2.05, 4.69) is 5.32 Å². The van der Waals surface area contributed by atoms with Gasteiger partial charge in [0.2, 0.25) is 11.8 Å². The van der Waals surface area contributed by atoms with Crippen molar-refractivity contribution in [2.24, 2.45) is 0 Å². The maximum Gasteiger partial charge on any atom is 0.234 e. The average molecular weight is 419 g/mol. The third kappa shape index (κ3) is 6.54. The van der Waals surface area contributed by atoms with Crippen molar-refractivity contribution in [3.8, 4) is 0 Å². The Hall–Kier alpha value is -2.45. The number of benzene rings is 2. The number of hydrogen-bond donors (Lipinski definition) is 1. The van der Waals surface area contributed by atoms with Crippen LogP contribution in [0.1, 0.15) is 5.56 Å². The standard InChI is InChI=1S/C21H23F2N3O2S/c22-18-7-6-17(12-19(18)23)29-15-21(28)26-10-8-25(9-11-26)14-20(27)24-13-16-4-2-1-3-5-16/h1-7,12H,8-11,13-15H2,(H,24,27). The van der Waals surface area contributed by atoms with Gasteiger partial charge in [0.1, 0.15) is 0 Å². The van der Waals surface area contributed by atoms with E-state index in [9.17, 15) is 18.4 Å². The van der Waals surface area contributed by atoms with Crippen molar-refractivity contribution < 1.29 is 18.4 Å². The summed E-state index contributed by atoms with van der Waals surface area (Å²) >= 11 is 1.19. The molecular weight excluding hydrogens is 396 g/mol. The number of thioether (sulfide) groups is 1. The number of nitrogens with zero attached hydrogens (tertiary/aromatic N) is 2. The van der Waals surface area contributed by atoms with Crippen molar-refractivity contribution in [3.05, 3.63) is 65.7 Å². The first-order chi connectivity index (χ1) is 14.0. The second-order valence-electron chi connectivity index (χ2n) is 6.78. The van der Waals surface area contributed by atoms with Gasteiger partial charge in [0.25, 0.3) is 0 Å². The Morgan fingerprint density at radius 2 is 1.69 bits per heavy atom. The molecule has 1 aliphatic heterocycles. The summed E-state index contributed by atoms with van der Waals surface area (Å²) in [5.74, 6) is -1.73. The molecule has 1 fully saturated rings. The lowest BCUT2D eigenvalue weighted by Gasteiger charge is -2.34. The predicted molar refractivity (Wildman–Crippen MR) is 108 cm³/mol. The molecular formula is C21H23F2N3O2S. The van der Waals surface area contributed by atoms with Crippen molar-refractivity contribution in [1.82, 2.24) is 15.1 Å². The van der Waals surface area contributed by atoms with Crippen molar-refractivity contribution in [2.75, 3.05) is 38.5 Å². The Balaban J connectivity index is 1.36. The van der Waals surface area contributed by atoms with Crippen LogP contribution in [0.2, 0.25) is 0 Å². The van der Waals surface area contributed by atoms with Gasteiger partial charge in [-0.05, 0) is 23.8 Å². The Morgan fingerprint density at radius 3 is 2.38 bits per heavy atom. The molecule has 0 aliphatic carbocycles. The molecule has 0 unspecified atom stereocenters. The quantitative estimate of drug-likeness (QED) is 0.701. The first kappa shape index (κ1) is 21.3. The van der Waals surface area contributed by atoms with Gasteiger partial charge in [0.05, 0.1) is 12.3 Å². The smallest absolute Gasteiger partial charge is 0.234 e. The summed E-state index contributed by atoms with van der Waals surface area (Å²) in [7, 11) is 0. The summed E-state index contributed by atoms with van der Waals surface area (Å²) in [5, 5.41) is 2.91. The zero-order valence-corrected chi connectivity index (χ0v) is 16.8. The van der Waals surface area contributed by atoms with Gasteiger partial charge in [-0.1, -0.05) is 30.3 Å². The minimum absolute atomic E-state index is 0.0393. The van der Waals surface area contributed by atoms with Crippen LogP contribution in [0.3, 0.4) is 0 Å². The molecule has 1 heterocycles. The molecule has 154 valence electrons. The molecule has 3 rings (SSSR count). The number of rotatable bonds is 7. The SMILES string of the molecule is O=C(CN1CCN(C(=O)CSc2ccc(F)c(F)c2)CC1)NCc1ccccc1. The van der Waals surface area contributed by atoms with E-state index in [-0.39, 0.29) is 17.6 Å². The Morgan fingerprint density at radius 1 is 0.966 bits per heavy atom. The molecule has 5 nitrogen and oxygen atoms in total. The van der Waals surface area contributed by atoms with Crippen LogP contribution in [-0.4, -0.2) is 60.1 Å². The van der Waals surface area contributed by atoms with Gasteiger partial charge in [0, 0.05) is 37.6 Å². The molecule has 0 bridgehead atoms. The normalized spacial score (nSPS) is 14.6. The third-order valence-electron chi connectivity index (χ3n) is 4.68. The molecule has 2 aromatic rings. The van der Waals surface area contributed by atoms with Crippen LogP contribution < -0.4 is 5.32 Å². The minimum Gasteiger partial charge on any atom is -0.351 e. The topological polar surface area (TPSA) is 52.7 Å². The predicted octanol–water partition coefficient (Wildman–Crippen LogP) is 2.52. The van der Waals surface area contributed by atoms with E-state index in [0.29, 0.717) is 44.2 Å². The molecule has 1 saturated heterocycles. The fourth-order valence-corrected chi connectivity index (χ4v) is 3.84. The summed E-state index contributed by atoms with van der Waals surface area (Å²) < 4.78 is 26.2. The first-order valence-corrected chi connectivity index (χ1v) is 10.4. The van der Waals surface area contributed by atoms with E-state index < -0.39 is 11.6 Å². The van der Waals surface area contributed by atoms with Gasteiger partial charge in [-0.15, -0.1) is 11.8 Å². The second kappa shape index (κ2) is 10.4. The van der Waals surface area contributed by atoms with E-state index in [0.717, 1.165) is 17.7 Å². The number of carbonyl (C=O) groups excluding carboxylic acids is 2. The number of halogens is 2. The molecule has 1 aliphatic rings. The van der Waals surface area contributed by atoms with Crippen LogP contribution >= 0.6 is 11.8 Å². The molecule has 1 N–H and O–H groups in total. The van der Waals surface area contributed by atoms with E-state index >= 15 is 0 Å². The zero-order chi connectivity index (χ0) is 20.6. The number of nitrogens with one attached hydrogen (secondary N) is 1. The monoisotopic (exact) mass is 419 g/mol. The number of hydrogen-bond acceptors (Lipinski definition) is 4. The van der Waals surface area contributed by atoms with Crippen LogP contribution in [-0.2, 0) is 16.1 Å². The van der Waals surface area contributed by atoms with Gasteiger partial charge in [-0.3, -0.25) is 14.5 Å². The second-order valence-corrected chi connectivity index (χ2v) is 7.83. The van der Waals surface area contributed by atoms with Gasteiger partial charge in [-0.2, -0.15) is 0 Å². The van der Waals surface area contributed by atoms with Crippen molar-refractivity contribution in [3.63, 3.8) is 0 Å². The molecule has 2 amide bonds. The molecule has 0 radical (unpaired) electrons. The third-order valence-corrected chi connectivity index (χ3v) is 5.66. The van der Waals surface area contributed by atoms with Gasteiger partial charge in [-0.25, -0.2) is 8.78 Å². The van der Waals surface area contributed by atoms with Gasteiger partial charge < -0.3 is 10.2 Å². The minimum atomic E-state index is -0.915. The van der Waals surface area contributed by atoms with Gasteiger partial charge in [0.15, 0.2) is 11.6 Å². The lowest BCUT2D eigenvalue weighted by molar-refractivity contribution is -0.130. The summed E-state index contributed by atoms with van der Waals surface area (Å²) in [4.78, 5) is 28.7. The highest BCUT2D eigenvalue weighted by atomic mass is 32.2. The van der Waals surface area contributed by atoms with Gasteiger partial charge >= 0.3 is 0 Å². The molecule has 0 atom stereocenters. The molecule has 8 heteroatoms. The number of piperazine rings is 1. The van der Waals surface area contributed by atoms with E-state index in [4.69, 9.17) is 0 Å². The molecule has 29 heavy (non-hydrogen) atoms. The Labute approximate surface area is 173 Å². The van der Waals surface area contributed by atoms with E-state index in [1.54, 1.807) is 4.90 Å². The highest BCUT2D eigenvalue weighted by Crippen LogP contribution is 2.21. The van der Waals surface area contributed by atoms with Crippen molar-refractivity contribution >= 4 is 23.6 Å². The fourth-order valence-electron chi connectivity index (χ4n) is 3.01. The fraction of sp³-hybridized carbons (Fsp3) is 0.333. The lowest BCUT2D eigenvalue weighted by Crippen LogP contribution is -2.51. The molecule has 2 aromatic carbocycles. The number of amides is 2. The summed E-state index contributed by atoms with van der Waals surface area (Å²) in [6.07, 6.45) is 0.